The number of hydrogen-bond acceptors (Lipinski definition) is 4. The van der Waals surface area contributed by atoms with Gasteiger partial charge in [-0.1, -0.05) is 76.6 Å². The number of nitrogens with one attached hydrogen (secondary N) is 1. The molecule has 3 aromatic rings. The number of nitrogens with zero attached hydrogens (tertiary/aromatic N) is 1. The lowest BCUT2D eigenvalue weighted by molar-refractivity contribution is -0.122. The van der Waals surface area contributed by atoms with E-state index in [9.17, 15) is 9.59 Å². The zero-order valence-corrected chi connectivity index (χ0v) is 19.8. The summed E-state index contributed by atoms with van der Waals surface area (Å²) in [6, 6.07) is 24.8. The number of fused-ring (bicyclic) bond motifs is 1. The van der Waals surface area contributed by atoms with Gasteiger partial charge in [-0.25, -0.2) is 9.69 Å². The Bertz CT molecular complexity index is 1140. The van der Waals surface area contributed by atoms with Crippen molar-refractivity contribution in [3.63, 3.8) is 0 Å². The number of carbonyl (C=O) groups excluding carboxylic acids is 2. The maximum Gasteiger partial charge on any atom is 0.421 e. The number of hydrogen-bond donors (Lipinski definition) is 1. The van der Waals surface area contributed by atoms with Crippen LogP contribution in [0.2, 0.25) is 0 Å². The van der Waals surface area contributed by atoms with Crippen molar-refractivity contribution in [2.75, 3.05) is 4.90 Å². The van der Waals surface area contributed by atoms with E-state index >= 15 is 0 Å². The van der Waals surface area contributed by atoms with Gasteiger partial charge in [-0.05, 0) is 50.1 Å². The van der Waals surface area contributed by atoms with Gasteiger partial charge in [0, 0.05) is 16.6 Å². The molecule has 2 amide bonds. The maximum atomic E-state index is 14.0. The number of para-hydroxylation sites is 1. The van der Waals surface area contributed by atoms with Crippen molar-refractivity contribution < 1.29 is 14.3 Å². The highest BCUT2D eigenvalue weighted by Crippen LogP contribution is 2.45. The quantitative estimate of drug-likeness (QED) is 0.502. The molecule has 6 heteroatoms. The van der Waals surface area contributed by atoms with Gasteiger partial charge in [0.2, 0.25) is 0 Å². The minimum absolute atomic E-state index is 0.378. The number of amides is 2. The predicted octanol–water partition coefficient (Wildman–Crippen LogP) is 5.76. The van der Waals surface area contributed by atoms with Crippen molar-refractivity contribution in [3.05, 3.63) is 100 Å². The third kappa shape index (κ3) is 4.08. The van der Waals surface area contributed by atoms with Gasteiger partial charge in [-0.2, -0.15) is 0 Å². The highest BCUT2D eigenvalue weighted by molar-refractivity contribution is 9.10. The Hall–Kier alpha value is -2.96. The van der Waals surface area contributed by atoms with Gasteiger partial charge < -0.3 is 4.74 Å². The summed E-state index contributed by atoms with van der Waals surface area (Å²) in [5.41, 5.74) is 1.08. The monoisotopic (exact) mass is 492 g/mol. The molecule has 1 atom stereocenters. The Kier molecular flexibility index (Phi) is 5.93. The highest BCUT2D eigenvalue weighted by atomic mass is 79.9. The molecule has 164 valence electrons. The maximum absolute atomic E-state index is 14.0. The van der Waals surface area contributed by atoms with E-state index in [0.29, 0.717) is 12.2 Å². The first-order valence-corrected chi connectivity index (χ1v) is 11.2. The van der Waals surface area contributed by atoms with Crippen molar-refractivity contribution in [3.8, 4) is 0 Å². The van der Waals surface area contributed by atoms with E-state index in [-0.39, 0.29) is 5.91 Å². The van der Waals surface area contributed by atoms with Crippen LogP contribution in [0.1, 0.15) is 37.5 Å². The van der Waals surface area contributed by atoms with Crippen LogP contribution in [0.3, 0.4) is 0 Å². The van der Waals surface area contributed by atoms with E-state index in [4.69, 9.17) is 4.74 Å². The average Bonchev–Trinajstić information content (AvgIpc) is 3.01. The molecule has 0 aromatic heterocycles. The normalized spacial score (nSPS) is 17.9. The molecule has 32 heavy (non-hydrogen) atoms. The second kappa shape index (κ2) is 8.52. The third-order valence-electron chi connectivity index (χ3n) is 5.33. The van der Waals surface area contributed by atoms with Crippen LogP contribution < -0.4 is 10.2 Å². The summed E-state index contributed by atoms with van der Waals surface area (Å²) in [7, 11) is 0. The van der Waals surface area contributed by atoms with Crippen LogP contribution in [-0.2, 0) is 21.6 Å². The molecule has 1 N–H and O–H groups in total. The first kappa shape index (κ1) is 22.2. The second-order valence-electron chi connectivity index (χ2n) is 8.73. The van der Waals surface area contributed by atoms with Crippen molar-refractivity contribution in [1.82, 2.24) is 5.32 Å². The van der Waals surface area contributed by atoms with Gasteiger partial charge in [0.15, 0.2) is 5.54 Å². The molecule has 0 radical (unpaired) electrons. The fourth-order valence-corrected chi connectivity index (χ4v) is 4.21. The predicted molar refractivity (Wildman–Crippen MR) is 128 cm³/mol. The van der Waals surface area contributed by atoms with Crippen molar-refractivity contribution in [2.45, 2.75) is 38.5 Å². The molecule has 0 aliphatic carbocycles. The van der Waals surface area contributed by atoms with Crippen LogP contribution >= 0.6 is 15.9 Å². The lowest BCUT2D eigenvalue weighted by Gasteiger charge is -2.31. The van der Waals surface area contributed by atoms with E-state index < -0.39 is 17.2 Å². The number of anilines is 1. The SMILES string of the molecule is CC(C)(C)OC(=O)N1C(=O)[C@@](NCc2ccc(Br)cc2)(c2ccccc2)c2ccccc21. The smallest absolute Gasteiger partial charge is 0.421 e. The molecule has 0 saturated carbocycles. The number of ether oxygens (including phenoxy) is 1. The summed E-state index contributed by atoms with van der Waals surface area (Å²) in [6.07, 6.45) is -0.682. The first-order chi connectivity index (χ1) is 15.2. The molecule has 0 fully saturated rings. The lowest BCUT2D eigenvalue weighted by atomic mass is 9.83. The lowest BCUT2D eigenvalue weighted by Crippen LogP contribution is -2.53. The van der Waals surface area contributed by atoms with Gasteiger partial charge in [0.1, 0.15) is 5.60 Å². The first-order valence-electron chi connectivity index (χ1n) is 10.4. The minimum atomic E-state index is -1.22. The molecule has 1 aliphatic heterocycles. The molecular formula is C26H25BrN2O3. The van der Waals surface area contributed by atoms with Crippen LogP contribution in [-0.4, -0.2) is 17.6 Å². The van der Waals surface area contributed by atoms with Crippen molar-refractivity contribution in [1.29, 1.82) is 0 Å². The zero-order valence-electron chi connectivity index (χ0n) is 18.3. The fraction of sp³-hybridized carbons (Fsp3) is 0.231. The third-order valence-corrected chi connectivity index (χ3v) is 5.86. The standard InChI is InChI=1S/C26H25BrN2O3/c1-25(2,3)32-24(31)29-22-12-8-7-11-21(22)26(23(29)30,19-9-5-4-6-10-19)28-17-18-13-15-20(27)16-14-18/h4-16,28H,17H2,1-3H3/t26-/m1/s1. The van der Waals surface area contributed by atoms with Crippen LogP contribution in [0.5, 0.6) is 0 Å². The Morgan fingerprint density at radius 1 is 0.969 bits per heavy atom. The van der Waals surface area contributed by atoms with Gasteiger partial charge >= 0.3 is 6.09 Å². The summed E-state index contributed by atoms with van der Waals surface area (Å²) >= 11 is 3.46. The zero-order chi connectivity index (χ0) is 22.9. The second-order valence-corrected chi connectivity index (χ2v) is 9.65. The summed E-state index contributed by atoms with van der Waals surface area (Å²) < 4.78 is 6.57. The molecule has 0 spiro atoms. The Labute approximate surface area is 196 Å². The molecule has 3 aromatic carbocycles. The summed E-state index contributed by atoms with van der Waals surface area (Å²) in [4.78, 5) is 28.3. The molecule has 4 rings (SSSR count). The molecule has 1 aliphatic rings. The Morgan fingerprint density at radius 3 is 2.25 bits per heavy atom. The largest absolute Gasteiger partial charge is 0.443 e. The molecule has 0 bridgehead atoms. The van der Waals surface area contributed by atoms with Crippen LogP contribution in [0.15, 0.2) is 83.3 Å². The van der Waals surface area contributed by atoms with Crippen molar-refractivity contribution in [2.24, 2.45) is 0 Å². The van der Waals surface area contributed by atoms with Crippen LogP contribution in [0.4, 0.5) is 10.5 Å². The fourth-order valence-electron chi connectivity index (χ4n) is 3.94. The van der Waals surface area contributed by atoms with E-state index in [0.717, 1.165) is 26.1 Å². The summed E-state index contributed by atoms with van der Waals surface area (Å²) in [5.74, 6) is -0.378. The van der Waals surface area contributed by atoms with E-state index in [2.05, 4.69) is 21.2 Å². The van der Waals surface area contributed by atoms with E-state index in [1.807, 2.05) is 72.8 Å². The Balaban J connectivity index is 1.82. The molecule has 0 unspecified atom stereocenters. The number of carbonyl (C=O) groups is 2. The van der Waals surface area contributed by atoms with E-state index in [1.165, 1.54) is 0 Å². The topological polar surface area (TPSA) is 58.6 Å². The van der Waals surface area contributed by atoms with Crippen LogP contribution in [0.25, 0.3) is 0 Å². The average molecular weight is 493 g/mol. The number of imide groups is 1. The molecule has 1 heterocycles. The summed E-state index contributed by atoms with van der Waals surface area (Å²) in [5, 5.41) is 3.49. The van der Waals surface area contributed by atoms with Gasteiger partial charge in [-0.15, -0.1) is 0 Å². The van der Waals surface area contributed by atoms with Gasteiger partial charge in [0.25, 0.3) is 5.91 Å². The molecule has 0 saturated heterocycles. The number of rotatable bonds is 4. The van der Waals surface area contributed by atoms with Crippen molar-refractivity contribution >= 4 is 33.6 Å². The highest BCUT2D eigenvalue weighted by Gasteiger charge is 2.54. The minimum Gasteiger partial charge on any atom is -0.443 e. The Morgan fingerprint density at radius 2 is 1.59 bits per heavy atom. The number of halogens is 1. The van der Waals surface area contributed by atoms with Gasteiger partial charge in [0.05, 0.1) is 5.69 Å². The summed E-state index contributed by atoms with van der Waals surface area (Å²) in [6.45, 7) is 5.79. The van der Waals surface area contributed by atoms with Gasteiger partial charge in [-0.3, -0.25) is 10.1 Å². The molecule has 5 nitrogen and oxygen atoms in total. The molecular weight excluding hydrogens is 468 g/mol. The number of benzene rings is 3. The van der Waals surface area contributed by atoms with Crippen LogP contribution in [0, 0.1) is 0 Å². The van der Waals surface area contributed by atoms with E-state index in [1.54, 1.807) is 26.8 Å².